The van der Waals surface area contributed by atoms with Gasteiger partial charge in [-0.2, -0.15) is 0 Å². The summed E-state index contributed by atoms with van der Waals surface area (Å²) in [4.78, 5) is 10.3. The van der Waals surface area contributed by atoms with Crippen LogP contribution in [0.2, 0.25) is 0 Å². The van der Waals surface area contributed by atoms with Crippen molar-refractivity contribution in [2.75, 3.05) is 13.6 Å². The highest BCUT2D eigenvalue weighted by molar-refractivity contribution is 5.07. The van der Waals surface area contributed by atoms with E-state index in [0.29, 0.717) is 12.2 Å². The number of rotatable bonds is 5. The molecule has 2 rings (SSSR count). The number of hydrogen-bond donors (Lipinski definition) is 0. The van der Waals surface area contributed by atoms with Crippen molar-refractivity contribution in [3.63, 3.8) is 0 Å². The highest BCUT2D eigenvalue weighted by Gasteiger charge is 2.06. The largest absolute Gasteiger partial charge is 0.300 e. The minimum absolute atomic E-state index is 0.248. The second-order valence-corrected chi connectivity index (χ2v) is 4.24. The Morgan fingerprint density at radius 3 is 2.67 bits per heavy atom. The predicted octanol–water partition coefficient (Wildman–Crippen LogP) is 2.29. The minimum atomic E-state index is -0.248. The first-order valence-corrected chi connectivity index (χ1v) is 5.93. The predicted molar refractivity (Wildman–Crippen MR) is 68.5 cm³/mol. The molecule has 2 aromatic heterocycles. The number of likely N-dealkylation sites (N-methyl/N-ethyl adjacent to an activating group) is 1. The molecule has 0 saturated carbocycles. The van der Waals surface area contributed by atoms with Gasteiger partial charge in [0.05, 0.1) is 5.69 Å². The highest BCUT2D eigenvalue weighted by Crippen LogP contribution is 2.06. The molecule has 0 fully saturated rings. The highest BCUT2D eigenvalue weighted by atomic mass is 19.1. The smallest absolute Gasteiger partial charge is 0.146 e. The molecule has 0 aromatic carbocycles. The molecule has 2 aromatic rings. The summed E-state index contributed by atoms with van der Waals surface area (Å²) in [5.41, 5.74) is 1.53. The van der Waals surface area contributed by atoms with Gasteiger partial charge in [0.2, 0.25) is 0 Å². The average molecular weight is 245 g/mol. The van der Waals surface area contributed by atoms with Gasteiger partial charge < -0.3 is 4.90 Å². The Bertz CT molecular complexity index is 487. The van der Waals surface area contributed by atoms with Gasteiger partial charge in [0, 0.05) is 37.6 Å². The molecule has 0 aliphatic rings. The summed E-state index contributed by atoms with van der Waals surface area (Å²) in [5, 5.41) is 0. The van der Waals surface area contributed by atoms with E-state index < -0.39 is 0 Å². The Morgan fingerprint density at radius 2 is 1.94 bits per heavy atom. The summed E-state index contributed by atoms with van der Waals surface area (Å²) in [6.07, 6.45) is 4.25. The van der Waals surface area contributed by atoms with Gasteiger partial charge in [0.1, 0.15) is 5.82 Å². The van der Waals surface area contributed by atoms with E-state index in [1.807, 2.05) is 30.1 Å². The van der Waals surface area contributed by atoms with Crippen LogP contribution in [0, 0.1) is 5.82 Å². The Hall–Kier alpha value is -1.81. The van der Waals surface area contributed by atoms with Crippen LogP contribution in [0.25, 0.3) is 0 Å². The lowest BCUT2D eigenvalue weighted by Gasteiger charge is -2.15. The van der Waals surface area contributed by atoms with E-state index in [1.54, 1.807) is 18.5 Å². The minimum Gasteiger partial charge on any atom is -0.300 e. The van der Waals surface area contributed by atoms with E-state index in [2.05, 4.69) is 9.97 Å². The zero-order valence-electron chi connectivity index (χ0n) is 10.4. The number of hydrogen-bond acceptors (Lipinski definition) is 3. The lowest BCUT2D eigenvalue weighted by Crippen LogP contribution is -2.22. The molecule has 18 heavy (non-hydrogen) atoms. The average Bonchev–Trinajstić information content (AvgIpc) is 2.40. The second-order valence-electron chi connectivity index (χ2n) is 4.24. The van der Waals surface area contributed by atoms with Gasteiger partial charge in [-0.3, -0.25) is 9.97 Å². The topological polar surface area (TPSA) is 29.0 Å². The first kappa shape index (κ1) is 12.6. The molecule has 0 amide bonds. The maximum atomic E-state index is 13.4. The zero-order chi connectivity index (χ0) is 12.8. The number of pyridine rings is 2. The molecule has 0 aliphatic heterocycles. The van der Waals surface area contributed by atoms with Crippen LogP contribution < -0.4 is 0 Å². The van der Waals surface area contributed by atoms with Crippen molar-refractivity contribution in [1.29, 1.82) is 0 Å². The molecule has 0 saturated heterocycles. The molecule has 0 radical (unpaired) electrons. The van der Waals surface area contributed by atoms with E-state index in [1.165, 1.54) is 6.07 Å². The van der Waals surface area contributed by atoms with Crippen LogP contribution in [-0.2, 0) is 13.0 Å². The van der Waals surface area contributed by atoms with Crippen LogP contribution in [-0.4, -0.2) is 28.5 Å². The summed E-state index contributed by atoms with van der Waals surface area (Å²) in [6, 6.07) is 8.91. The van der Waals surface area contributed by atoms with E-state index in [0.717, 1.165) is 18.7 Å². The molecule has 94 valence electrons. The summed E-state index contributed by atoms with van der Waals surface area (Å²) in [7, 11) is 1.96. The van der Waals surface area contributed by atoms with Crippen molar-refractivity contribution in [2.45, 2.75) is 13.0 Å². The van der Waals surface area contributed by atoms with E-state index >= 15 is 0 Å². The third-order valence-electron chi connectivity index (χ3n) is 2.73. The Balaban J connectivity index is 1.86. The summed E-state index contributed by atoms with van der Waals surface area (Å²) < 4.78 is 13.4. The van der Waals surface area contributed by atoms with Crippen molar-refractivity contribution >= 4 is 0 Å². The maximum Gasteiger partial charge on any atom is 0.146 e. The van der Waals surface area contributed by atoms with Crippen molar-refractivity contribution in [3.8, 4) is 0 Å². The third-order valence-corrected chi connectivity index (χ3v) is 2.73. The molecular weight excluding hydrogens is 229 g/mol. The second kappa shape index (κ2) is 6.21. The Morgan fingerprint density at radius 1 is 1.11 bits per heavy atom. The zero-order valence-corrected chi connectivity index (χ0v) is 10.4. The van der Waals surface area contributed by atoms with Crippen molar-refractivity contribution < 1.29 is 4.39 Å². The molecule has 0 spiro atoms. The first-order chi connectivity index (χ1) is 8.75. The Labute approximate surface area is 106 Å². The van der Waals surface area contributed by atoms with Crippen LogP contribution in [0.15, 0.2) is 42.7 Å². The molecular formula is C14H16FN3. The lowest BCUT2D eigenvalue weighted by atomic mass is 10.2. The lowest BCUT2D eigenvalue weighted by molar-refractivity contribution is 0.319. The monoisotopic (exact) mass is 245 g/mol. The quantitative estimate of drug-likeness (QED) is 0.809. The molecule has 0 N–H and O–H groups in total. The van der Waals surface area contributed by atoms with Gasteiger partial charge in [-0.25, -0.2) is 4.39 Å². The van der Waals surface area contributed by atoms with Crippen molar-refractivity contribution in [2.24, 2.45) is 0 Å². The number of halogens is 1. The normalized spacial score (nSPS) is 10.8. The van der Waals surface area contributed by atoms with E-state index in [9.17, 15) is 4.39 Å². The van der Waals surface area contributed by atoms with Crippen LogP contribution in [0.4, 0.5) is 4.39 Å². The van der Waals surface area contributed by atoms with Crippen LogP contribution in [0.3, 0.4) is 0 Å². The molecule has 2 heterocycles. The van der Waals surface area contributed by atoms with Gasteiger partial charge in [0.15, 0.2) is 0 Å². The third kappa shape index (κ3) is 3.60. The number of aromatic nitrogens is 2. The SMILES string of the molecule is CN(CCc1ccccn1)Cc1ncccc1F. The van der Waals surface area contributed by atoms with Gasteiger partial charge in [-0.1, -0.05) is 6.07 Å². The summed E-state index contributed by atoms with van der Waals surface area (Å²) in [5.74, 6) is -0.248. The molecule has 0 atom stereocenters. The van der Waals surface area contributed by atoms with Gasteiger partial charge >= 0.3 is 0 Å². The maximum absolute atomic E-state index is 13.4. The van der Waals surface area contributed by atoms with Gasteiger partial charge in [-0.05, 0) is 31.3 Å². The van der Waals surface area contributed by atoms with Gasteiger partial charge in [0.25, 0.3) is 0 Å². The van der Waals surface area contributed by atoms with E-state index in [4.69, 9.17) is 0 Å². The van der Waals surface area contributed by atoms with Crippen LogP contribution in [0.1, 0.15) is 11.4 Å². The van der Waals surface area contributed by atoms with Crippen LogP contribution in [0.5, 0.6) is 0 Å². The fourth-order valence-electron chi connectivity index (χ4n) is 1.72. The molecule has 0 bridgehead atoms. The molecule has 0 unspecified atom stereocenters. The summed E-state index contributed by atoms with van der Waals surface area (Å²) in [6.45, 7) is 1.34. The van der Waals surface area contributed by atoms with Crippen molar-refractivity contribution in [1.82, 2.24) is 14.9 Å². The standard InChI is InChI=1S/C14H16FN3/c1-18(10-7-12-5-2-3-8-16-12)11-14-13(15)6-4-9-17-14/h2-6,8-9H,7,10-11H2,1H3. The van der Waals surface area contributed by atoms with Gasteiger partial charge in [-0.15, -0.1) is 0 Å². The molecule has 3 nitrogen and oxygen atoms in total. The molecule has 0 aliphatic carbocycles. The van der Waals surface area contributed by atoms with Crippen molar-refractivity contribution in [3.05, 3.63) is 59.9 Å². The summed E-state index contributed by atoms with van der Waals surface area (Å²) >= 11 is 0. The van der Waals surface area contributed by atoms with E-state index in [-0.39, 0.29) is 5.82 Å². The Kier molecular flexibility index (Phi) is 4.36. The number of nitrogens with zero attached hydrogens (tertiary/aromatic N) is 3. The molecule has 4 heteroatoms. The fourth-order valence-corrected chi connectivity index (χ4v) is 1.72. The fraction of sp³-hybridized carbons (Fsp3) is 0.286. The van der Waals surface area contributed by atoms with Crippen LogP contribution >= 0.6 is 0 Å². The first-order valence-electron chi connectivity index (χ1n) is 5.93.